The number of aromatic nitrogens is 1. The fourth-order valence-corrected chi connectivity index (χ4v) is 2.92. The van der Waals surface area contributed by atoms with E-state index in [4.69, 9.17) is 4.74 Å². The first-order valence-electron chi connectivity index (χ1n) is 8.56. The van der Waals surface area contributed by atoms with Crippen LogP contribution in [0.1, 0.15) is 12.5 Å². The Kier molecular flexibility index (Phi) is 5.98. The van der Waals surface area contributed by atoms with Crippen molar-refractivity contribution in [3.05, 3.63) is 60.4 Å². The zero-order valence-electron chi connectivity index (χ0n) is 14.4. The van der Waals surface area contributed by atoms with Gasteiger partial charge in [-0.2, -0.15) is 0 Å². The van der Waals surface area contributed by atoms with Crippen LogP contribution in [0.4, 0.5) is 10.5 Å². The number of anilines is 1. The molecule has 0 radical (unpaired) electrons. The van der Waals surface area contributed by atoms with E-state index in [9.17, 15) is 4.79 Å². The quantitative estimate of drug-likeness (QED) is 0.878. The largest absolute Gasteiger partial charge is 0.373 e. The number of amides is 2. The van der Waals surface area contributed by atoms with Crippen molar-refractivity contribution in [2.24, 2.45) is 0 Å². The van der Waals surface area contributed by atoms with Crippen LogP contribution >= 0.6 is 0 Å². The maximum Gasteiger partial charge on any atom is 0.319 e. The van der Waals surface area contributed by atoms with Crippen molar-refractivity contribution in [3.8, 4) is 0 Å². The second-order valence-corrected chi connectivity index (χ2v) is 6.26. The van der Waals surface area contributed by atoms with Crippen LogP contribution in [0.15, 0.2) is 54.9 Å². The number of nitrogens with one attached hydrogen (secondary N) is 2. The fourth-order valence-electron chi connectivity index (χ4n) is 2.92. The summed E-state index contributed by atoms with van der Waals surface area (Å²) in [5, 5.41) is 5.73. The number of urea groups is 1. The number of rotatable bonds is 5. The number of hydrogen-bond acceptors (Lipinski definition) is 4. The molecule has 0 bridgehead atoms. The molecular weight excluding hydrogens is 316 g/mol. The Bertz CT molecular complexity index is 666. The van der Waals surface area contributed by atoms with E-state index in [1.54, 1.807) is 24.5 Å². The van der Waals surface area contributed by atoms with Crippen molar-refractivity contribution in [1.82, 2.24) is 15.2 Å². The van der Waals surface area contributed by atoms with Gasteiger partial charge in [0.15, 0.2) is 0 Å². The molecule has 0 saturated carbocycles. The number of hydrogen-bond donors (Lipinski definition) is 2. The number of carbonyl (C=O) groups excluding carboxylic acids is 1. The average Bonchev–Trinajstić information content (AvgIpc) is 2.63. The van der Waals surface area contributed by atoms with Crippen LogP contribution in [0.2, 0.25) is 0 Å². The lowest BCUT2D eigenvalue weighted by Crippen LogP contribution is -2.52. The molecule has 0 spiro atoms. The molecule has 2 aromatic rings. The Morgan fingerprint density at radius 2 is 2.16 bits per heavy atom. The fraction of sp³-hybridized carbons (Fsp3) is 0.368. The number of morpholine rings is 1. The van der Waals surface area contributed by atoms with Gasteiger partial charge in [-0.3, -0.25) is 9.88 Å². The van der Waals surface area contributed by atoms with E-state index < -0.39 is 0 Å². The Balaban J connectivity index is 1.49. The highest BCUT2D eigenvalue weighted by Gasteiger charge is 2.26. The van der Waals surface area contributed by atoms with Crippen LogP contribution in [-0.2, 0) is 11.3 Å². The number of benzene rings is 1. The SMILES string of the molecule is CC(NC(=O)Nc1cccnc1)C1CN(Cc2ccccc2)CCO1. The average molecular weight is 340 g/mol. The van der Waals surface area contributed by atoms with Crippen molar-refractivity contribution in [2.45, 2.75) is 25.6 Å². The van der Waals surface area contributed by atoms with Gasteiger partial charge in [0.05, 0.1) is 30.6 Å². The van der Waals surface area contributed by atoms with Crippen LogP contribution < -0.4 is 10.6 Å². The van der Waals surface area contributed by atoms with Gasteiger partial charge in [-0.1, -0.05) is 30.3 Å². The van der Waals surface area contributed by atoms with Gasteiger partial charge in [-0.15, -0.1) is 0 Å². The minimum atomic E-state index is -0.246. The molecule has 25 heavy (non-hydrogen) atoms. The van der Waals surface area contributed by atoms with Gasteiger partial charge < -0.3 is 15.4 Å². The van der Waals surface area contributed by atoms with Crippen LogP contribution in [0.3, 0.4) is 0 Å². The molecule has 6 heteroatoms. The highest BCUT2D eigenvalue weighted by atomic mass is 16.5. The van der Waals surface area contributed by atoms with Crippen LogP contribution in [0, 0.1) is 0 Å². The van der Waals surface area contributed by atoms with Gasteiger partial charge in [0.2, 0.25) is 0 Å². The van der Waals surface area contributed by atoms with E-state index in [1.165, 1.54) is 5.56 Å². The first-order chi connectivity index (χ1) is 12.2. The summed E-state index contributed by atoms with van der Waals surface area (Å²) in [6, 6.07) is 13.7. The molecule has 6 nitrogen and oxygen atoms in total. The molecule has 3 rings (SSSR count). The number of carbonyl (C=O) groups is 1. The van der Waals surface area contributed by atoms with E-state index in [2.05, 4.69) is 44.8 Å². The molecule has 132 valence electrons. The van der Waals surface area contributed by atoms with Gasteiger partial charge in [0, 0.05) is 25.8 Å². The third-order valence-corrected chi connectivity index (χ3v) is 4.26. The van der Waals surface area contributed by atoms with Gasteiger partial charge in [0.1, 0.15) is 0 Å². The standard InChI is InChI=1S/C19H24N4O2/c1-15(21-19(24)22-17-8-5-9-20-12-17)18-14-23(10-11-25-18)13-16-6-3-2-4-7-16/h2-9,12,15,18H,10-11,13-14H2,1H3,(H2,21,22,24). The first kappa shape index (κ1) is 17.4. The van der Waals surface area contributed by atoms with E-state index in [0.717, 1.165) is 19.6 Å². The predicted molar refractivity (Wildman–Crippen MR) is 97.3 cm³/mol. The summed E-state index contributed by atoms with van der Waals surface area (Å²) in [7, 11) is 0. The molecule has 1 fully saturated rings. The lowest BCUT2D eigenvalue weighted by Gasteiger charge is -2.36. The van der Waals surface area contributed by atoms with Crippen LogP contribution in [-0.4, -0.2) is 47.8 Å². The molecule has 2 heterocycles. The molecule has 1 aliphatic rings. The topological polar surface area (TPSA) is 66.5 Å². The van der Waals surface area contributed by atoms with Crippen LogP contribution in [0.5, 0.6) is 0 Å². The smallest absolute Gasteiger partial charge is 0.319 e. The van der Waals surface area contributed by atoms with Crippen molar-refractivity contribution in [1.29, 1.82) is 0 Å². The zero-order valence-corrected chi connectivity index (χ0v) is 14.4. The van der Waals surface area contributed by atoms with E-state index in [1.807, 2.05) is 13.0 Å². The summed E-state index contributed by atoms with van der Waals surface area (Å²) >= 11 is 0. The number of nitrogens with zero attached hydrogens (tertiary/aromatic N) is 2. The second-order valence-electron chi connectivity index (χ2n) is 6.26. The monoisotopic (exact) mass is 340 g/mol. The minimum absolute atomic E-state index is 0.0305. The first-order valence-corrected chi connectivity index (χ1v) is 8.56. The van der Waals surface area contributed by atoms with Crippen molar-refractivity contribution >= 4 is 11.7 Å². The molecule has 2 amide bonds. The maximum atomic E-state index is 12.1. The zero-order chi connectivity index (χ0) is 17.5. The predicted octanol–water partition coefficient (Wildman–Crippen LogP) is 2.49. The lowest BCUT2D eigenvalue weighted by molar-refractivity contribution is -0.0440. The van der Waals surface area contributed by atoms with E-state index >= 15 is 0 Å². The highest BCUT2D eigenvalue weighted by Crippen LogP contribution is 2.13. The Morgan fingerprint density at radius 1 is 1.32 bits per heavy atom. The van der Waals surface area contributed by atoms with Gasteiger partial charge in [-0.25, -0.2) is 4.79 Å². The summed E-state index contributed by atoms with van der Waals surface area (Å²) in [6.07, 6.45) is 3.25. The van der Waals surface area contributed by atoms with E-state index in [-0.39, 0.29) is 18.2 Å². The molecule has 1 aliphatic heterocycles. The maximum absolute atomic E-state index is 12.1. The highest BCUT2D eigenvalue weighted by molar-refractivity contribution is 5.89. The second kappa shape index (κ2) is 8.60. The molecule has 0 aliphatic carbocycles. The summed E-state index contributed by atoms with van der Waals surface area (Å²) < 4.78 is 5.86. The molecule has 1 aromatic heterocycles. The van der Waals surface area contributed by atoms with Gasteiger partial charge >= 0.3 is 6.03 Å². The number of pyridine rings is 1. The molecular formula is C19H24N4O2. The summed E-state index contributed by atoms with van der Waals surface area (Å²) in [6.45, 7) is 5.24. The summed E-state index contributed by atoms with van der Waals surface area (Å²) in [5.41, 5.74) is 1.96. The van der Waals surface area contributed by atoms with Gasteiger partial charge in [0.25, 0.3) is 0 Å². The summed E-state index contributed by atoms with van der Waals surface area (Å²) in [5.74, 6) is 0. The molecule has 2 atom stereocenters. The minimum Gasteiger partial charge on any atom is -0.373 e. The molecule has 2 unspecified atom stereocenters. The Hall–Kier alpha value is -2.44. The molecule has 1 aromatic carbocycles. The van der Waals surface area contributed by atoms with Crippen molar-refractivity contribution in [3.63, 3.8) is 0 Å². The number of ether oxygens (including phenoxy) is 1. The molecule has 1 saturated heterocycles. The van der Waals surface area contributed by atoms with Gasteiger partial charge in [-0.05, 0) is 24.6 Å². The lowest BCUT2D eigenvalue weighted by atomic mass is 10.1. The third kappa shape index (κ3) is 5.27. The van der Waals surface area contributed by atoms with Crippen molar-refractivity contribution < 1.29 is 9.53 Å². The molecule has 2 N–H and O–H groups in total. The Morgan fingerprint density at radius 3 is 2.92 bits per heavy atom. The summed E-state index contributed by atoms with van der Waals surface area (Å²) in [4.78, 5) is 18.5. The Labute approximate surface area is 148 Å². The van der Waals surface area contributed by atoms with E-state index in [0.29, 0.717) is 12.3 Å². The van der Waals surface area contributed by atoms with Crippen molar-refractivity contribution in [2.75, 3.05) is 25.0 Å². The normalized spacial score (nSPS) is 19.2. The third-order valence-electron chi connectivity index (χ3n) is 4.26. The van der Waals surface area contributed by atoms with Crippen LogP contribution in [0.25, 0.3) is 0 Å².